The Morgan fingerprint density at radius 2 is 2.00 bits per heavy atom. The second-order valence-corrected chi connectivity index (χ2v) is 4.94. The zero-order chi connectivity index (χ0) is 15.2. The fraction of sp³-hybridized carbons (Fsp3) is 0.0714. The van der Waals surface area contributed by atoms with E-state index < -0.39 is 5.91 Å². The molecule has 21 heavy (non-hydrogen) atoms. The van der Waals surface area contributed by atoms with Crippen LogP contribution in [-0.4, -0.2) is 23.3 Å². The zero-order valence-corrected chi connectivity index (χ0v) is 12.3. The average Bonchev–Trinajstić information content (AvgIpc) is 2.46. The van der Waals surface area contributed by atoms with Gasteiger partial charge in [-0.3, -0.25) is 14.6 Å². The highest BCUT2D eigenvalue weighted by molar-refractivity contribution is 6.36. The van der Waals surface area contributed by atoms with Gasteiger partial charge in [0, 0.05) is 11.2 Å². The quantitative estimate of drug-likeness (QED) is 0.908. The molecule has 0 saturated carbocycles. The highest BCUT2D eigenvalue weighted by Gasteiger charge is 2.12. The monoisotopic (exact) mass is 323 g/mol. The van der Waals surface area contributed by atoms with Crippen LogP contribution in [-0.2, 0) is 4.79 Å². The summed E-state index contributed by atoms with van der Waals surface area (Å²) in [5.41, 5.74) is 0.816. The van der Waals surface area contributed by atoms with Crippen LogP contribution in [0.3, 0.4) is 0 Å². The molecular weight excluding hydrogens is 313 g/mol. The van der Waals surface area contributed by atoms with Gasteiger partial charge in [0.25, 0.3) is 5.91 Å². The Kier molecular flexibility index (Phi) is 5.14. The number of nitrogens with one attached hydrogen (secondary N) is 2. The smallest absolute Gasteiger partial charge is 0.253 e. The van der Waals surface area contributed by atoms with Crippen LogP contribution in [0.25, 0.3) is 0 Å². The van der Waals surface area contributed by atoms with Crippen molar-refractivity contribution < 1.29 is 9.59 Å². The van der Waals surface area contributed by atoms with Gasteiger partial charge in [-0.25, -0.2) is 0 Å². The minimum atomic E-state index is -0.446. The number of rotatable bonds is 4. The number of amides is 2. The lowest BCUT2D eigenvalue weighted by Gasteiger charge is -2.08. The maximum atomic E-state index is 11.9. The van der Waals surface area contributed by atoms with Crippen molar-refractivity contribution in [2.75, 3.05) is 11.9 Å². The third kappa shape index (κ3) is 4.44. The third-order valence-corrected chi connectivity index (χ3v) is 3.08. The summed E-state index contributed by atoms with van der Waals surface area (Å²) in [5, 5.41) is 5.75. The molecule has 0 saturated heterocycles. The molecule has 2 aromatic rings. The molecule has 0 atom stereocenters. The van der Waals surface area contributed by atoms with Crippen LogP contribution in [0, 0.1) is 0 Å². The fourth-order valence-corrected chi connectivity index (χ4v) is 2.07. The lowest BCUT2D eigenvalue weighted by atomic mass is 10.2. The molecule has 0 aliphatic rings. The molecule has 1 heterocycles. The Labute approximate surface area is 131 Å². The predicted octanol–water partition coefficient (Wildman–Crippen LogP) is 2.76. The number of pyridine rings is 1. The Bertz CT molecular complexity index is 663. The van der Waals surface area contributed by atoms with E-state index in [0.29, 0.717) is 10.7 Å². The number of aromatic nitrogens is 1. The molecule has 0 aliphatic heterocycles. The van der Waals surface area contributed by atoms with Gasteiger partial charge in [0.15, 0.2) is 0 Å². The Hall–Kier alpha value is -2.11. The molecule has 5 nitrogen and oxygen atoms in total. The second-order valence-electron chi connectivity index (χ2n) is 4.10. The number of halogens is 2. The second kappa shape index (κ2) is 7.06. The van der Waals surface area contributed by atoms with Gasteiger partial charge >= 0.3 is 0 Å². The van der Waals surface area contributed by atoms with E-state index in [4.69, 9.17) is 23.2 Å². The Morgan fingerprint density at radius 1 is 1.19 bits per heavy atom. The van der Waals surface area contributed by atoms with E-state index in [1.807, 2.05) is 0 Å². The number of benzene rings is 1. The summed E-state index contributed by atoms with van der Waals surface area (Å²) in [4.78, 5) is 27.5. The number of hydrogen-bond donors (Lipinski definition) is 2. The van der Waals surface area contributed by atoms with E-state index in [9.17, 15) is 9.59 Å². The molecule has 0 radical (unpaired) electrons. The number of hydrogen-bond acceptors (Lipinski definition) is 3. The number of nitrogens with zero attached hydrogens (tertiary/aromatic N) is 1. The topological polar surface area (TPSA) is 71.1 Å². The Morgan fingerprint density at radius 3 is 2.67 bits per heavy atom. The summed E-state index contributed by atoms with van der Waals surface area (Å²) in [6.07, 6.45) is 3.11. The van der Waals surface area contributed by atoms with Crippen molar-refractivity contribution in [3.8, 4) is 0 Å². The molecule has 0 aliphatic carbocycles. The SMILES string of the molecule is O=C(CNC(=O)c1ccc(Cl)cc1Cl)Nc1cccnc1. The average molecular weight is 324 g/mol. The lowest BCUT2D eigenvalue weighted by molar-refractivity contribution is -0.115. The van der Waals surface area contributed by atoms with Gasteiger partial charge in [-0.05, 0) is 30.3 Å². The zero-order valence-electron chi connectivity index (χ0n) is 10.8. The van der Waals surface area contributed by atoms with Crippen LogP contribution in [0.1, 0.15) is 10.4 Å². The molecule has 0 fully saturated rings. The minimum Gasteiger partial charge on any atom is -0.343 e. The number of carbonyl (C=O) groups excluding carboxylic acids is 2. The van der Waals surface area contributed by atoms with Crippen molar-refractivity contribution >= 4 is 40.7 Å². The summed E-state index contributed by atoms with van der Waals surface area (Å²) >= 11 is 11.7. The van der Waals surface area contributed by atoms with Crippen molar-refractivity contribution in [2.24, 2.45) is 0 Å². The number of carbonyl (C=O) groups is 2. The van der Waals surface area contributed by atoms with Crippen molar-refractivity contribution in [2.45, 2.75) is 0 Å². The normalized spacial score (nSPS) is 10.0. The van der Waals surface area contributed by atoms with Crippen LogP contribution in [0.2, 0.25) is 10.0 Å². The van der Waals surface area contributed by atoms with E-state index in [2.05, 4.69) is 15.6 Å². The standard InChI is InChI=1S/C14H11Cl2N3O2/c15-9-3-4-11(12(16)6-9)14(21)18-8-13(20)19-10-2-1-5-17-7-10/h1-7H,8H2,(H,18,21)(H,19,20). The molecule has 108 valence electrons. The highest BCUT2D eigenvalue weighted by atomic mass is 35.5. The van der Waals surface area contributed by atoms with E-state index in [-0.39, 0.29) is 23.0 Å². The third-order valence-electron chi connectivity index (χ3n) is 2.53. The highest BCUT2D eigenvalue weighted by Crippen LogP contribution is 2.20. The molecule has 0 unspecified atom stereocenters. The minimum absolute atomic E-state index is 0.174. The van der Waals surface area contributed by atoms with Crippen LogP contribution in [0.15, 0.2) is 42.7 Å². The first-order chi connectivity index (χ1) is 10.1. The van der Waals surface area contributed by atoms with Crippen molar-refractivity contribution in [3.63, 3.8) is 0 Å². The van der Waals surface area contributed by atoms with Gasteiger partial charge in [0.05, 0.1) is 29.0 Å². The predicted molar refractivity (Wildman–Crippen MR) is 81.7 cm³/mol. The van der Waals surface area contributed by atoms with Crippen LogP contribution in [0.5, 0.6) is 0 Å². The molecule has 1 aromatic carbocycles. The lowest BCUT2D eigenvalue weighted by Crippen LogP contribution is -2.33. The van der Waals surface area contributed by atoms with Gasteiger partial charge in [-0.15, -0.1) is 0 Å². The molecular formula is C14H11Cl2N3O2. The summed E-state index contributed by atoms with van der Waals surface area (Å²) < 4.78 is 0. The maximum Gasteiger partial charge on any atom is 0.253 e. The van der Waals surface area contributed by atoms with Crippen molar-refractivity contribution in [1.82, 2.24) is 10.3 Å². The Balaban J connectivity index is 1.90. The van der Waals surface area contributed by atoms with E-state index in [0.717, 1.165) is 0 Å². The summed E-state index contributed by atoms with van der Waals surface area (Å²) in [7, 11) is 0. The molecule has 1 aromatic heterocycles. The first-order valence-corrected chi connectivity index (χ1v) is 6.75. The van der Waals surface area contributed by atoms with Crippen LogP contribution >= 0.6 is 23.2 Å². The van der Waals surface area contributed by atoms with Crippen LogP contribution in [0.4, 0.5) is 5.69 Å². The molecule has 2 amide bonds. The van der Waals surface area contributed by atoms with E-state index >= 15 is 0 Å². The molecule has 2 N–H and O–H groups in total. The van der Waals surface area contributed by atoms with Crippen molar-refractivity contribution in [3.05, 3.63) is 58.3 Å². The maximum absolute atomic E-state index is 11.9. The van der Waals surface area contributed by atoms with Crippen LogP contribution < -0.4 is 10.6 Å². The van der Waals surface area contributed by atoms with E-state index in [1.165, 1.54) is 18.3 Å². The molecule has 0 bridgehead atoms. The summed E-state index contributed by atoms with van der Waals surface area (Å²) in [6, 6.07) is 7.91. The molecule has 7 heteroatoms. The largest absolute Gasteiger partial charge is 0.343 e. The van der Waals surface area contributed by atoms with Gasteiger partial charge < -0.3 is 10.6 Å². The fourth-order valence-electron chi connectivity index (χ4n) is 1.57. The summed E-state index contributed by atoms with van der Waals surface area (Å²) in [6.45, 7) is -0.174. The first kappa shape index (κ1) is 15.3. The summed E-state index contributed by atoms with van der Waals surface area (Å²) in [5.74, 6) is -0.806. The van der Waals surface area contributed by atoms with Crippen molar-refractivity contribution in [1.29, 1.82) is 0 Å². The first-order valence-electron chi connectivity index (χ1n) is 5.99. The van der Waals surface area contributed by atoms with Gasteiger partial charge in [0.2, 0.25) is 5.91 Å². The molecule has 2 rings (SSSR count). The van der Waals surface area contributed by atoms with Gasteiger partial charge in [0.1, 0.15) is 0 Å². The molecule has 0 spiro atoms. The van der Waals surface area contributed by atoms with E-state index in [1.54, 1.807) is 24.4 Å². The number of anilines is 1. The van der Waals surface area contributed by atoms with Gasteiger partial charge in [-0.2, -0.15) is 0 Å². The van der Waals surface area contributed by atoms with Gasteiger partial charge in [-0.1, -0.05) is 23.2 Å².